The number of fused-ring (bicyclic) bond motifs is 4. The standard InChI is InChI=1S/C27H32N2O2/c1-3-27(2)18-29-14-12-20(27)15-25(29)26(30)22-11-13-28-24-10-9-21(16-23(22)24)31-17-19-7-5-4-6-8-19/h4-11,13,16,20,25-26,30H,3,12,14-15,17-18H2,1-2H3/t20?,25?,26-,27?/m0/s1. The number of hydrogen-bond acceptors (Lipinski definition) is 4. The van der Waals surface area contributed by atoms with Crippen LogP contribution in [-0.4, -0.2) is 34.1 Å². The van der Waals surface area contributed by atoms with E-state index in [4.69, 9.17) is 4.74 Å². The highest BCUT2D eigenvalue weighted by atomic mass is 16.5. The molecule has 1 aromatic heterocycles. The Morgan fingerprint density at radius 1 is 1.19 bits per heavy atom. The number of aromatic nitrogens is 1. The van der Waals surface area contributed by atoms with Gasteiger partial charge in [-0.05, 0) is 72.5 Å². The Morgan fingerprint density at radius 3 is 2.77 bits per heavy atom. The number of hydrogen-bond donors (Lipinski definition) is 1. The largest absolute Gasteiger partial charge is 0.489 e. The molecule has 3 aliphatic rings. The SMILES string of the molecule is CCC1(C)CN2CCC1CC2[C@@H](O)c1ccnc2ccc(OCc3ccccc3)cc12. The molecular formula is C27H32N2O2. The van der Waals surface area contributed by atoms with Gasteiger partial charge in [-0.2, -0.15) is 0 Å². The molecule has 4 heterocycles. The Morgan fingerprint density at radius 2 is 2.03 bits per heavy atom. The zero-order valence-electron chi connectivity index (χ0n) is 18.5. The summed E-state index contributed by atoms with van der Waals surface area (Å²) in [5.74, 6) is 1.50. The van der Waals surface area contributed by atoms with Crippen LogP contribution in [0.25, 0.3) is 10.9 Å². The van der Waals surface area contributed by atoms with Gasteiger partial charge in [0.15, 0.2) is 0 Å². The molecule has 4 unspecified atom stereocenters. The zero-order chi connectivity index (χ0) is 21.4. The number of pyridine rings is 1. The highest BCUT2D eigenvalue weighted by molar-refractivity contribution is 5.84. The quantitative estimate of drug-likeness (QED) is 0.588. The molecule has 162 valence electrons. The lowest BCUT2D eigenvalue weighted by molar-refractivity contribution is -0.0951. The maximum absolute atomic E-state index is 11.5. The molecule has 0 saturated carbocycles. The fraction of sp³-hybridized carbons (Fsp3) is 0.444. The summed E-state index contributed by atoms with van der Waals surface area (Å²) >= 11 is 0. The van der Waals surface area contributed by atoms with Crippen LogP contribution in [0.15, 0.2) is 60.8 Å². The first kappa shape index (κ1) is 20.5. The predicted octanol–water partition coefficient (Wildman–Crippen LogP) is 5.36. The fourth-order valence-electron chi connectivity index (χ4n) is 5.64. The Kier molecular flexibility index (Phi) is 5.45. The van der Waals surface area contributed by atoms with Crippen molar-refractivity contribution in [1.82, 2.24) is 9.88 Å². The zero-order valence-corrected chi connectivity index (χ0v) is 18.5. The molecular weight excluding hydrogens is 384 g/mol. The molecule has 2 bridgehead atoms. The molecule has 4 nitrogen and oxygen atoms in total. The van der Waals surface area contributed by atoms with Crippen molar-refractivity contribution in [2.24, 2.45) is 11.3 Å². The van der Waals surface area contributed by atoms with Crippen molar-refractivity contribution in [3.05, 3.63) is 71.9 Å². The smallest absolute Gasteiger partial charge is 0.120 e. The van der Waals surface area contributed by atoms with Gasteiger partial charge in [0.25, 0.3) is 0 Å². The molecule has 2 aromatic carbocycles. The first-order chi connectivity index (χ1) is 15.1. The second kappa shape index (κ2) is 8.25. The number of ether oxygens (including phenoxy) is 1. The van der Waals surface area contributed by atoms with Gasteiger partial charge in [-0.3, -0.25) is 9.88 Å². The van der Waals surface area contributed by atoms with E-state index < -0.39 is 6.10 Å². The summed E-state index contributed by atoms with van der Waals surface area (Å²) in [4.78, 5) is 7.06. The Bertz CT molecular complexity index is 1050. The van der Waals surface area contributed by atoms with E-state index in [9.17, 15) is 5.11 Å². The summed E-state index contributed by atoms with van der Waals surface area (Å²) in [6, 6.07) is 18.3. The first-order valence-corrected chi connectivity index (χ1v) is 11.5. The molecule has 6 rings (SSSR count). The van der Waals surface area contributed by atoms with Crippen LogP contribution in [0, 0.1) is 11.3 Å². The van der Waals surface area contributed by atoms with Gasteiger partial charge in [0.2, 0.25) is 0 Å². The van der Waals surface area contributed by atoms with Crippen molar-refractivity contribution in [1.29, 1.82) is 0 Å². The summed E-state index contributed by atoms with van der Waals surface area (Å²) in [6.45, 7) is 7.43. The molecule has 4 heteroatoms. The number of nitrogens with zero attached hydrogens (tertiary/aromatic N) is 2. The average Bonchev–Trinajstić information content (AvgIpc) is 2.82. The lowest BCUT2D eigenvalue weighted by atomic mass is 9.63. The van der Waals surface area contributed by atoms with Gasteiger partial charge >= 0.3 is 0 Å². The Labute approximate surface area is 184 Å². The van der Waals surface area contributed by atoms with Crippen molar-refractivity contribution in [2.45, 2.75) is 51.9 Å². The third kappa shape index (κ3) is 3.83. The molecule has 0 aliphatic carbocycles. The monoisotopic (exact) mass is 416 g/mol. The lowest BCUT2D eigenvalue weighted by Crippen LogP contribution is -2.59. The summed E-state index contributed by atoms with van der Waals surface area (Å²) < 4.78 is 6.05. The molecule has 0 radical (unpaired) electrons. The molecule has 31 heavy (non-hydrogen) atoms. The van der Waals surface area contributed by atoms with Crippen LogP contribution < -0.4 is 4.74 Å². The highest BCUT2D eigenvalue weighted by Gasteiger charge is 2.48. The second-order valence-electron chi connectivity index (χ2n) is 9.56. The summed E-state index contributed by atoms with van der Waals surface area (Å²) in [7, 11) is 0. The van der Waals surface area contributed by atoms with Crippen LogP contribution in [0.5, 0.6) is 5.75 Å². The molecule has 3 aliphatic heterocycles. The van der Waals surface area contributed by atoms with Crippen LogP contribution in [-0.2, 0) is 6.61 Å². The number of aliphatic hydroxyl groups is 1. The molecule has 3 aromatic rings. The van der Waals surface area contributed by atoms with E-state index in [0.29, 0.717) is 17.9 Å². The lowest BCUT2D eigenvalue weighted by Gasteiger charge is -2.56. The first-order valence-electron chi connectivity index (χ1n) is 11.5. The van der Waals surface area contributed by atoms with Crippen LogP contribution in [0.4, 0.5) is 0 Å². The number of aliphatic hydroxyl groups excluding tert-OH is 1. The van der Waals surface area contributed by atoms with Gasteiger partial charge in [-0.25, -0.2) is 0 Å². The molecule has 1 N–H and O–H groups in total. The topological polar surface area (TPSA) is 45.6 Å². The Hall–Kier alpha value is -2.43. The van der Waals surface area contributed by atoms with E-state index in [0.717, 1.165) is 47.3 Å². The molecule has 5 atom stereocenters. The van der Waals surface area contributed by atoms with Crippen LogP contribution >= 0.6 is 0 Å². The maximum atomic E-state index is 11.5. The van der Waals surface area contributed by atoms with Gasteiger partial charge in [-0.15, -0.1) is 0 Å². The van der Waals surface area contributed by atoms with E-state index in [1.165, 1.54) is 12.8 Å². The molecule has 3 saturated heterocycles. The van der Waals surface area contributed by atoms with Crippen LogP contribution in [0.3, 0.4) is 0 Å². The average molecular weight is 417 g/mol. The summed E-state index contributed by atoms with van der Waals surface area (Å²) in [5.41, 5.74) is 3.38. The van der Waals surface area contributed by atoms with Crippen molar-refractivity contribution in [3.8, 4) is 5.75 Å². The van der Waals surface area contributed by atoms with Crippen LogP contribution in [0.1, 0.15) is 50.3 Å². The minimum atomic E-state index is -0.515. The third-order valence-corrected chi connectivity index (χ3v) is 7.80. The summed E-state index contributed by atoms with van der Waals surface area (Å²) in [6.07, 6.45) is 4.83. The normalized spacial score (nSPS) is 28.5. The molecule has 3 fully saturated rings. The maximum Gasteiger partial charge on any atom is 0.120 e. The van der Waals surface area contributed by atoms with Crippen molar-refractivity contribution in [2.75, 3.05) is 13.1 Å². The van der Waals surface area contributed by atoms with Crippen molar-refractivity contribution >= 4 is 10.9 Å². The third-order valence-electron chi connectivity index (χ3n) is 7.80. The van der Waals surface area contributed by atoms with Gasteiger partial charge in [0.05, 0.1) is 11.6 Å². The Balaban J connectivity index is 1.40. The minimum Gasteiger partial charge on any atom is -0.489 e. The molecule has 0 amide bonds. The minimum absolute atomic E-state index is 0.179. The summed E-state index contributed by atoms with van der Waals surface area (Å²) in [5, 5.41) is 12.5. The van der Waals surface area contributed by atoms with E-state index in [1.54, 1.807) is 0 Å². The van der Waals surface area contributed by atoms with Gasteiger partial charge in [-0.1, -0.05) is 44.2 Å². The highest BCUT2D eigenvalue weighted by Crippen LogP contribution is 2.49. The van der Waals surface area contributed by atoms with E-state index >= 15 is 0 Å². The van der Waals surface area contributed by atoms with E-state index in [1.807, 2.05) is 48.7 Å². The fourth-order valence-corrected chi connectivity index (χ4v) is 5.64. The predicted molar refractivity (Wildman–Crippen MR) is 124 cm³/mol. The van der Waals surface area contributed by atoms with E-state index in [2.05, 4.69) is 35.9 Å². The van der Waals surface area contributed by atoms with Crippen LogP contribution in [0.2, 0.25) is 0 Å². The number of rotatable bonds is 6. The van der Waals surface area contributed by atoms with E-state index in [-0.39, 0.29) is 6.04 Å². The van der Waals surface area contributed by atoms with Gasteiger partial charge in [0, 0.05) is 24.2 Å². The van der Waals surface area contributed by atoms with Crippen molar-refractivity contribution < 1.29 is 9.84 Å². The number of benzene rings is 2. The van der Waals surface area contributed by atoms with Gasteiger partial charge < -0.3 is 9.84 Å². The number of piperidine rings is 3. The van der Waals surface area contributed by atoms with Gasteiger partial charge in [0.1, 0.15) is 12.4 Å². The molecule has 0 spiro atoms. The van der Waals surface area contributed by atoms with Crippen molar-refractivity contribution in [3.63, 3.8) is 0 Å². The second-order valence-corrected chi connectivity index (χ2v) is 9.56.